The number of rotatable bonds is 5. The first-order chi connectivity index (χ1) is 8.99. The molecule has 0 spiro atoms. The first-order valence-corrected chi connectivity index (χ1v) is 7.12. The van der Waals surface area contributed by atoms with Crippen LogP contribution in [0.5, 0.6) is 5.75 Å². The SMILES string of the molecule is CC(C)Oc1ccc(CNC2(C)CCOC2C)cc1. The van der Waals surface area contributed by atoms with Crippen LogP contribution in [0.2, 0.25) is 0 Å². The Kier molecular flexibility index (Phi) is 4.48. The number of ether oxygens (including phenoxy) is 2. The Labute approximate surface area is 116 Å². The van der Waals surface area contributed by atoms with Gasteiger partial charge in [-0.1, -0.05) is 12.1 Å². The number of nitrogens with one attached hydrogen (secondary N) is 1. The van der Waals surface area contributed by atoms with Crippen molar-refractivity contribution in [3.05, 3.63) is 29.8 Å². The van der Waals surface area contributed by atoms with Crippen molar-refractivity contribution in [3.63, 3.8) is 0 Å². The second kappa shape index (κ2) is 5.93. The van der Waals surface area contributed by atoms with Gasteiger partial charge in [0.05, 0.1) is 12.2 Å². The van der Waals surface area contributed by atoms with E-state index in [0.717, 1.165) is 25.3 Å². The Morgan fingerprint density at radius 1 is 1.37 bits per heavy atom. The van der Waals surface area contributed by atoms with Crippen molar-refractivity contribution in [3.8, 4) is 5.75 Å². The summed E-state index contributed by atoms with van der Waals surface area (Å²) in [6.45, 7) is 10.2. The highest BCUT2D eigenvalue weighted by molar-refractivity contribution is 5.27. The molecule has 0 aromatic heterocycles. The summed E-state index contributed by atoms with van der Waals surface area (Å²) < 4.78 is 11.3. The standard InChI is InChI=1S/C16H25NO2/c1-12(2)19-15-7-5-14(6-8-15)11-17-16(4)9-10-18-13(16)3/h5-8,12-13,17H,9-11H2,1-4H3. The van der Waals surface area contributed by atoms with Crippen LogP contribution in [0.15, 0.2) is 24.3 Å². The molecule has 1 aliphatic heterocycles. The van der Waals surface area contributed by atoms with Crippen LogP contribution in [-0.4, -0.2) is 24.4 Å². The molecule has 0 bridgehead atoms. The third-order valence-corrected chi connectivity index (χ3v) is 3.88. The van der Waals surface area contributed by atoms with Crippen molar-refractivity contribution >= 4 is 0 Å². The van der Waals surface area contributed by atoms with E-state index in [4.69, 9.17) is 9.47 Å². The molecule has 1 heterocycles. The smallest absolute Gasteiger partial charge is 0.119 e. The maximum Gasteiger partial charge on any atom is 0.119 e. The highest BCUT2D eigenvalue weighted by Gasteiger charge is 2.36. The lowest BCUT2D eigenvalue weighted by atomic mass is 9.94. The fourth-order valence-electron chi connectivity index (χ4n) is 2.33. The summed E-state index contributed by atoms with van der Waals surface area (Å²) >= 11 is 0. The quantitative estimate of drug-likeness (QED) is 0.885. The van der Waals surface area contributed by atoms with Crippen LogP contribution in [-0.2, 0) is 11.3 Å². The minimum atomic E-state index is 0.0904. The average molecular weight is 263 g/mol. The topological polar surface area (TPSA) is 30.5 Å². The Hall–Kier alpha value is -1.06. The van der Waals surface area contributed by atoms with Gasteiger partial charge in [-0.05, 0) is 51.8 Å². The summed E-state index contributed by atoms with van der Waals surface area (Å²) in [5.41, 5.74) is 1.36. The molecule has 1 aromatic carbocycles. The van der Waals surface area contributed by atoms with Gasteiger partial charge in [-0.3, -0.25) is 0 Å². The van der Waals surface area contributed by atoms with Crippen molar-refractivity contribution in [2.45, 2.75) is 58.4 Å². The van der Waals surface area contributed by atoms with E-state index in [2.05, 4.69) is 31.3 Å². The average Bonchev–Trinajstić information content (AvgIpc) is 2.69. The lowest BCUT2D eigenvalue weighted by molar-refractivity contribution is 0.0881. The van der Waals surface area contributed by atoms with Gasteiger partial charge in [0, 0.05) is 18.7 Å². The van der Waals surface area contributed by atoms with E-state index in [9.17, 15) is 0 Å². The fraction of sp³-hybridized carbons (Fsp3) is 0.625. The van der Waals surface area contributed by atoms with E-state index < -0.39 is 0 Å². The van der Waals surface area contributed by atoms with Gasteiger partial charge in [0.25, 0.3) is 0 Å². The van der Waals surface area contributed by atoms with Crippen LogP contribution in [0.3, 0.4) is 0 Å². The largest absolute Gasteiger partial charge is 0.491 e. The van der Waals surface area contributed by atoms with Crippen molar-refractivity contribution in [1.29, 1.82) is 0 Å². The van der Waals surface area contributed by atoms with Crippen molar-refractivity contribution in [1.82, 2.24) is 5.32 Å². The number of hydrogen-bond acceptors (Lipinski definition) is 3. The second-order valence-corrected chi connectivity index (χ2v) is 5.84. The summed E-state index contributed by atoms with van der Waals surface area (Å²) in [7, 11) is 0. The molecule has 0 saturated carbocycles. The van der Waals surface area contributed by atoms with Gasteiger partial charge >= 0.3 is 0 Å². The fourth-order valence-corrected chi connectivity index (χ4v) is 2.33. The number of hydrogen-bond donors (Lipinski definition) is 1. The molecule has 2 rings (SSSR count). The van der Waals surface area contributed by atoms with Crippen LogP contribution < -0.4 is 10.1 Å². The Bertz CT molecular complexity index is 402. The molecule has 0 aliphatic carbocycles. The zero-order valence-corrected chi connectivity index (χ0v) is 12.4. The van der Waals surface area contributed by atoms with Gasteiger partial charge in [0.15, 0.2) is 0 Å². The first kappa shape index (κ1) is 14.4. The molecule has 1 aromatic rings. The van der Waals surface area contributed by atoms with Crippen LogP contribution in [0, 0.1) is 0 Å². The van der Waals surface area contributed by atoms with E-state index in [1.807, 2.05) is 26.0 Å². The highest BCUT2D eigenvalue weighted by Crippen LogP contribution is 2.25. The highest BCUT2D eigenvalue weighted by atomic mass is 16.5. The summed E-state index contributed by atoms with van der Waals surface area (Å²) in [4.78, 5) is 0. The monoisotopic (exact) mass is 263 g/mol. The van der Waals surface area contributed by atoms with Crippen LogP contribution in [0.25, 0.3) is 0 Å². The van der Waals surface area contributed by atoms with Gasteiger partial charge < -0.3 is 14.8 Å². The molecule has 106 valence electrons. The third kappa shape index (κ3) is 3.71. The van der Waals surface area contributed by atoms with Gasteiger partial charge in [-0.25, -0.2) is 0 Å². The molecule has 1 fully saturated rings. The maximum atomic E-state index is 5.64. The van der Waals surface area contributed by atoms with E-state index in [-0.39, 0.29) is 17.7 Å². The molecule has 0 radical (unpaired) electrons. The summed E-state index contributed by atoms with van der Waals surface area (Å²) in [5.74, 6) is 0.933. The van der Waals surface area contributed by atoms with Gasteiger partial charge in [0.1, 0.15) is 5.75 Å². The van der Waals surface area contributed by atoms with E-state index in [1.165, 1.54) is 5.56 Å². The van der Waals surface area contributed by atoms with Gasteiger partial charge in [-0.2, -0.15) is 0 Å². The number of benzene rings is 1. The summed E-state index contributed by atoms with van der Waals surface area (Å²) in [6.07, 6.45) is 1.57. The zero-order valence-electron chi connectivity index (χ0n) is 12.4. The zero-order chi connectivity index (χ0) is 13.9. The molecular weight excluding hydrogens is 238 g/mol. The molecule has 19 heavy (non-hydrogen) atoms. The van der Waals surface area contributed by atoms with Crippen LogP contribution in [0.4, 0.5) is 0 Å². The summed E-state index contributed by atoms with van der Waals surface area (Å²) in [6, 6.07) is 8.31. The van der Waals surface area contributed by atoms with Crippen molar-refractivity contribution in [2.24, 2.45) is 0 Å². The predicted octanol–water partition coefficient (Wildman–Crippen LogP) is 3.13. The minimum absolute atomic E-state index is 0.0904. The van der Waals surface area contributed by atoms with Crippen molar-refractivity contribution < 1.29 is 9.47 Å². The van der Waals surface area contributed by atoms with Gasteiger partial charge in [0.2, 0.25) is 0 Å². The Morgan fingerprint density at radius 2 is 2.05 bits per heavy atom. The molecule has 1 aliphatic rings. The Balaban J connectivity index is 1.89. The van der Waals surface area contributed by atoms with Gasteiger partial charge in [-0.15, -0.1) is 0 Å². The van der Waals surface area contributed by atoms with E-state index >= 15 is 0 Å². The normalized spacial score (nSPS) is 26.9. The molecule has 1 N–H and O–H groups in total. The lowest BCUT2D eigenvalue weighted by Gasteiger charge is -2.29. The Morgan fingerprint density at radius 3 is 2.58 bits per heavy atom. The molecular formula is C16H25NO2. The molecule has 2 atom stereocenters. The van der Waals surface area contributed by atoms with E-state index in [0.29, 0.717) is 0 Å². The maximum absolute atomic E-state index is 5.64. The lowest BCUT2D eigenvalue weighted by Crippen LogP contribution is -2.47. The molecule has 1 saturated heterocycles. The van der Waals surface area contributed by atoms with Crippen LogP contribution >= 0.6 is 0 Å². The molecule has 3 heteroatoms. The van der Waals surface area contributed by atoms with E-state index in [1.54, 1.807) is 0 Å². The summed E-state index contributed by atoms with van der Waals surface area (Å²) in [5, 5.41) is 3.62. The van der Waals surface area contributed by atoms with Crippen molar-refractivity contribution in [2.75, 3.05) is 6.61 Å². The third-order valence-electron chi connectivity index (χ3n) is 3.88. The molecule has 0 amide bonds. The predicted molar refractivity (Wildman–Crippen MR) is 77.5 cm³/mol. The minimum Gasteiger partial charge on any atom is -0.491 e. The molecule has 3 nitrogen and oxygen atoms in total. The second-order valence-electron chi connectivity index (χ2n) is 5.84. The first-order valence-electron chi connectivity index (χ1n) is 7.12. The molecule has 2 unspecified atom stereocenters. The van der Waals surface area contributed by atoms with Crippen LogP contribution in [0.1, 0.15) is 39.7 Å².